The SMILES string of the molecule is CCOC(=O)c1cc(-c2ccccc2)sc1NC(=O)C[NH+](C)C. The Morgan fingerprint density at radius 3 is 2.52 bits per heavy atom. The average Bonchev–Trinajstić information content (AvgIpc) is 2.91. The van der Waals surface area contributed by atoms with Crippen molar-refractivity contribution in [2.24, 2.45) is 0 Å². The van der Waals surface area contributed by atoms with E-state index in [0.717, 1.165) is 15.3 Å². The molecule has 0 saturated heterocycles. The largest absolute Gasteiger partial charge is 0.462 e. The highest BCUT2D eigenvalue weighted by Crippen LogP contribution is 2.35. The summed E-state index contributed by atoms with van der Waals surface area (Å²) in [4.78, 5) is 26.1. The number of likely N-dealkylation sites (N-methyl/N-ethyl adjacent to an activating group) is 1. The smallest absolute Gasteiger partial charge is 0.341 e. The molecule has 1 amide bonds. The van der Waals surface area contributed by atoms with Crippen molar-refractivity contribution in [3.8, 4) is 10.4 Å². The number of hydrogen-bond acceptors (Lipinski definition) is 4. The van der Waals surface area contributed by atoms with Gasteiger partial charge in [-0.05, 0) is 18.6 Å². The zero-order valence-corrected chi connectivity index (χ0v) is 14.3. The van der Waals surface area contributed by atoms with Crippen LogP contribution in [0, 0.1) is 0 Å². The maximum absolute atomic E-state index is 12.1. The molecule has 2 aromatic rings. The van der Waals surface area contributed by atoms with Crippen molar-refractivity contribution in [3.05, 3.63) is 42.0 Å². The molecule has 0 atom stereocenters. The van der Waals surface area contributed by atoms with E-state index in [1.807, 2.05) is 44.4 Å². The minimum Gasteiger partial charge on any atom is -0.462 e. The summed E-state index contributed by atoms with van der Waals surface area (Å²) in [6, 6.07) is 11.5. The fourth-order valence-corrected chi connectivity index (χ4v) is 3.15. The molecule has 1 heterocycles. The summed E-state index contributed by atoms with van der Waals surface area (Å²) >= 11 is 1.38. The first kappa shape index (κ1) is 17.2. The molecule has 0 unspecified atom stereocenters. The fraction of sp³-hybridized carbons (Fsp3) is 0.294. The Hall–Kier alpha value is -2.18. The van der Waals surface area contributed by atoms with Gasteiger partial charge in [-0.3, -0.25) is 4.79 Å². The van der Waals surface area contributed by atoms with E-state index in [0.29, 0.717) is 23.7 Å². The van der Waals surface area contributed by atoms with Gasteiger partial charge in [0.05, 0.1) is 26.3 Å². The predicted molar refractivity (Wildman–Crippen MR) is 92.0 cm³/mol. The lowest BCUT2D eigenvalue weighted by Crippen LogP contribution is -3.06. The van der Waals surface area contributed by atoms with Crippen LogP contribution in [0.4, 0.5) is 5.00 Å². The highest BCUT2D eigenvalue weighted by atomic mass is 32.1. The van der Waals surface area contributed by atoms with Crippen molar-refractivity contribution in [2.75, 3.05) is 32.6 Å². The van der Waals surface area contributed by atoms with Crippen LogP contribution in [0.3, 0.4) is 0 Å². The van der Waals surface area contributed by atoms with E-state index >= 15 is 0 Å². The molecule has 0 bridgehead atoms. The van der Waals surface area contributed by atoms with Crippen LogP contribution in [0.15, 0.2) is 36.4 Å². The first-order valence-corrected chi connectivity index (χ1v) is 8.28. The second-order valence-corrected chi connectivity index (χ2v) is 6.42. The minimum absolute atomic E-state index is 0.128. The van der Waals surface area contributed by atoms with Crippen LogP contribution in [0.2, 0.25) is 0 Å². The van der Waals surface area contributed by atoms with Gasteiger partial charge >= 0.3 is 5.97 Å². The zero-order chi connectivity index (χ0) is 16.8. The van der Waals surface area contributed by atoms with E-state index in [1.165, 1.54) is 11.3 Å². The molecule has 0 spiro atoms. The molecule has 0 aliphatic heterocycles. The quantitative estimate of drug-likeness (QED) is 0.791. The topological polar surface area (TPSA) is 59.8 Å². The summed E-state index contributed by atoms with van der Waals surface area (Å²) in [6.45, 7) is 2.39. The molecule has 0 fully saturated rings. The summed E-state index contributed by atoms with van der Waals surface area (Å²) < 4.78 is 5.09. The molecular weight excluding hydrogens is 312 g/mol. The van der Waals surface area contributed by atoms with Gasteiger partial charge in [0.1, 0.15) is 5.00 Å². The van der Waals surface area contributed by atoms with E-state index in [9.17, 15) is 9.59 Å². The van der Waals surface area contributed by atoms with Gasteiger partial charge < -0.3 is 15.0 Å². The van der Waals surface area contributed by atoms with Crippen LogP contribution >= 0.6 is 11.3 Å². The number of carbonyl (C=O) groups is 2. The maximum atomic E-state index is 12.1. The van der Waals surface area contributed by atoms with Crippen LogP contribution < -0.4 is 10.2 Å². The average molecular weight is 333 g/mol. The van der Waals surface area contributed by atoms with Crippen LogP contribution in [-0.2, 0) is 9.53 Å². The van der Waals surface area contributed by atoms with Gasteiger partial charge in [0.25, 0.3) is 5.91 Å². The molecule has 6 heteroatoms. The Labute approximate surface area is 139 Å². The Morgan fingerprint density at radius 2 is 1.91 bits per heavy atom. The number of anilines is 1. The van der Waals surface area contributed by atoms with Crippen molar-refractivity contribution < 1.29 is 19.2 Å². The number of amides is 1. The van der Waals surface area contributed by atoms with Crippen molar-refractivity contribution in [2.45, 2.75) is 6.92 Å². The highest BCUT2D eigenvalue weighted by Gasteiger charge is 2.20. The van der Waals surface area contributed by atoms with Gasteiger partial charge in [-0.1, -0.05) is 30.3 Å². The summed E-state index contributed by atoms with van der Waals surface area (Å²) in [5, 5.41) is 3.36. The van der Waals surface area contributed by atoms with Crippen LogP contribution in [0.1, 0.15) is 17.3 Å². The molecule has 0 radical (unpaired) electrons. The molecule has 5 nitrogen and oxygen atoms in total. The first-order valence-electron chi connectivity index (χ1n) is 7.46. The molecule has 0 saturated carbocycles. The molecule has 2 N–H and O–H groups in total. The van der Waals surface area contributed by atoms with Gasteiger partial charge in [-0.2, -0.15) is 0 Å². The van der Waals surface area contributed by atoms with Gasteiger partial charge in [0, 0.05) is 4.88 Å². The number of ether oxygens (including phenoxy) is 1. The van der Waals surface area contributed by atoms with E-state index in [-0.39, 0.29) is 5.91 Å². The standard InChI is InChI=1S/C17H20N2O3S/c1-4-22-17(21)13-10-14(12-8-6-5-7-9-12)23-16(13)18-15(20)11-19(2)3/h5-10H,4,11H2,1-3H3,(H,18,20)/p+1. The van der Waals surface area contributed by atoms with Crippen molar-refractivity contribution in [1.29, 1.82) is 0 Å². The summed E-state index contributed by atoms with van der Waals surface area (Å²) in [7, 11) is 3.80. The normalized spacial score (nSPS) is 10.6. The lowest BCUT2D eigenvalue weighted by atomic mass is 10.1. The Kier molecular flexibility index (Phi) is 5.90. The molecule has 2 rings (SSSR count). The van der Waals surface area contributed by atoms with Crippen molar-refractivity contribution >= 4 is 28.2 Å². The third kappa shape index (κ3) is 4.64. The zero-order valence-electron chi connectivity index (χ0n) is 13.5. The molecular formula is C17H21N2O3S+. The number of carbonyl (C=O) groups excluding carboxylic acids is 2. The number of nitrogens with one attached hydrogen (secondary N) is 2. The van der Waals surface area contributed by atoms with Gasteiger partial charge in [0.15, 0.2) is 6.54 Å². The van der Waals surface area contributed by atoms with Crippen molar-refractivity contribution in [1.82, 2.24) is 0 Å². The van der Waals surface area contributed by atoms with Crippen LogP contribution in [0.5, 0.6) is 0 Å². The number of benzene rings is 1. The number of quaternary nitrogens is 1. The van der Waals surface area contributed by atoms with Crippen molar-refractivity contribution in [3.63, 3.8) is 0 Å². The number of hydrogen-bond donors (Lipinski definition) is 2. The Balaban J connectivity index is 2.32. The minimum atomic E-state index is -0.418. The molecule has 1 aromatic heterocycles. The second-order valence-electron chi connectivity index (χ2n) is 5.37. The number of rotatable bonds is 6. The molecule has 1 aromatic carbocycles. The number of esters is 1. The van der Waals surface area contributed by atoms with Gasteiger partial charge in [-0.25, -0.2) is 4.79 Å². The van der Waals surface area contributed by atoms with Gasteiger partial charge in [0.2, 0.25) is 0 Å². The monoisotopic (exact) mass is 333 g/mol. The first-order chi connectivity index (χ1) is 11.0. The third-order valence-corrected chi connectivity index (χ3v) is 4.15. The summed E-state index contributed by atoms with van der Waals surface area (Å²) in [5.74, 6) is -0.546. The Morgan fingerprint density at radius 1 is 1.22 bits per heavy atom. The lowest BCUT2D eigenvalue weighted by Gasteiger charge is -2.08. The third-order valence-electron chi connectivity index (χ3n) is 3.05. The van der Waals surface area contributed by atoms with Crippen LogP contribution in [-0.4, -0.2) is 39.1 Å². The second kappa shape index (κ2) is 7.89. The van der Waals surface area contributed by atoms with Crippen LogP contribution in [0.25, 0.3) is 10.4 Å². The van der Waals surface area contributed by atoms with Gasteiger partial charge in [-0.15, -0.1) is 11.3 Å². The molecule has 23 heavy (non-hydrogen) atoms. The highest BCUT2D eigenvalue weighted by molar-refractivity contribution is 7.20. The van der Waals surface area contributed by atoms with E-state index in [2.05, 4.69) is 5.32 Å². The lowest BCUT2D eigenvalue weighted by molar-refractivity contribution is -0.849. The van der Waals surface area contributed by atoms with E-state index in [1.54, 1.807) is 13.0 Å². The molecule has 0 aliphatic carbocycles. The maximum Gasteiger partial charge on any atom is 0.341 e. The Bertz CT molecular complexity index is 680. The summed E-state index contributed by atoms with van der Waals surface area (Å²) in [6.07, 6.45) is 0. The summed E-state index contributed by atoms with van der Waals surface area (Å²) in [5.41, 5.74) is 1.40. The fourth-order valence-electron chi connectivity index (χ4n) is 2.08. The van der Waals surface area contributed by atoms with E-state index < -0.39 is 5.97 Å². The predicted octanol–water partition coefficient (Wildman–Crippen LogP) is 1.67. The van der Waals surface area contributed by atoms with E-state index in [4.69, 9.17) is 4.74 Å². The molecule has 0 aliphatic rings. The number of thiophene rings is 1. The molecule has 122 valence electrons.